The average Bonchev–Trinajstić information content (AvgIpc) is 3.00. The van der Waals surface area contributed by atoms with Crippen LogP contribution in [0.15, 0.2) is 10.9 Å². The predicted molar refractivity (Wildman–Crippen MR) is 78.2 cm³/mol. The Morgan fingerprint density at radius 1 is 1.43 bits per heavy atom. The van der Waals surface area contributed by atoms with Crippen molar-refractivity contribution in [3.8, 4) is 0 Å². The zero-order valence-corrected chi connectivity index (χ0v) is 12.9. The molecule has 0 N–H and O–H groups in total. The smallest absolute Gasteiger partial charge is 0.273 e. The molecule has 0 aromatic carbocycles. The number of ether oxygens (including phenoxy) is 1. The molecule has 6 nitrogen and oxygen atoms in total. The summed E-state index contributed by atoms with van der Waals surface area (Å²) in [4.78, 5) is 32.6. The molecule has 2 aliphatic heterocycles. The minimum Gasteiger partial charge on any atom is -0.361 e. The normalized spacial score (nSPS) is 27.0. The van der Waals surface area contributed by atoms with E-state index in [-0.39, 0.29) is 11.8 Å². The minimum absolute atomic E-state index is 0.00391. The van der Waals surface area contributed by atoms with Gasteiger partial charge in [-0.05, 0) is 19.3 Å². The maximum Gasteiger partial charge on any atom is 0.273 e. The second-order valence-corrected chi connectivity index (χ2v) is 6.35. The lowest BCUT2D eigenvalue weighted by molar-refractivity contribution is -0.166. The molecule has 114 valence electrons. The minimum atomic E-state index is -0.866. The summed E-state index contributed by atoms with van der Waals surface area (Å²) in [6.07, 6.45) is 2.60. The fourth-order valence-electron chi connectivity index (χ4n) is 3.03. The third-order valence-corrected chi connectivity index (χ3v) is 4.77. The van der Waals surface area contributed by atoms with Gasteiger partial charge >= 0.3 is 0 Å². The van der Waals surface area contributed by atoms with Crippen LogP contribution in [-0.4, -0.2) is 65.5 Å². The van der Waals surface area contributed by atoms with E-state index in [0.29, 0.717) is 31.8 Å². The van der Waals surface area contributed by atoms with E-state index in [1.807, 2.05) is 0 Å². The number of morpholine rings is 1. The summed E-state index contributed by atoms with van der Waals surface area (Å²) in [6, 6.07) is 0. The van der Waals surface area contributed by atoms with E-state index >= 15 is 0 Å². The number of nitrogens with zero attached hydrogens (tertiary/aromatic N) is 3. The second kappa shape index (κ2) is 5.73. The number of hydrogen-bond acceptors (Lipinski definition) is 5. The molecule has 2 aliphatic rings. The van der Waals surface area contributed by atoms with Gasteiger partial charge in [0, 0.05) is 25.5 Å². The quantitative estimate of drug-likeness (QED) is 0.776. The van der Waals surface area contributed by atoms with Crippen molar-refractivity contribution in [2.75, 3.05) is 33.3 Å². The summed E-state index contributed by atoms with van der Waals surface area (Å²) in [5.41, 5.74) is 1.23. The van der Waals surface area contributed by atoms with Gasteiger partial charge in [-0.15, -0.1) is 11.3 Å². The lowest BCUT2D eigenvalue weighted by atomic mass is 9.94. The van der Waals surface area contributed by atoms with Crippen LogP contribution in [0.25, 0.3) is 0 Å². The van der Waals surface area contributed by atoms with Crippen molar-refractivity contribution in [3.63, 3.8) is 0 Å². The Labute approximate surface area is 127 Å². The first-order valence-electron chi connectivity index (χ1n) is 7.19. The third-order valence-electron chi connectivity index (χ3n) is 4.19. The first-order chi connectivity index (χ1) is 10.1. The van der Waals surface area contributed by atoms with Gasteiger partial charge < -0.3 is 14.5 Å². The monoisotopic (exact) mass is 309 g/mol. The number of carbonyl (C=O) groups excluding carboxylic acids is 2. The molecule has 1 aromatic rings. The highest BCUT2D eigenvalue weighted by Gasteiger charge is 2.47. The molecule has 1 aromatic heterocycles. The molecule has 2 fully saturated rings. The Morgan fingerprint density at radius 2 is 2.29 bits per heavy atom. The van der Waals surface area contributed by atoms with Gasteiger partial charge in [0.15, 0.2) is 5.60 Å². The van der Waals surface area contributed by atoms with Crippen molar-refractivity contribution in [1.29, 1.82) is 0 Å². The van der Waals surface area contributed by atoms with Crippen LogP contribution in [-0.2, 0) is 9.53 Å². The second-order valence-electron chi connectivity index (χ2n) is 5.63. The van der Waals surface area contributed by atoms with Crippen LogP contribution in [0, 0.1) is 0 Å². The molecule has 3 heterocycles. The molecule has 1 atom stereocenters. The van der Waals surface area contributed by atoms with Crippen molar-refractivity contribution >= 4 is 23.2 Å². The van der Waals surface area contributed by atoms with Crippen molar-refractivity contribution in [3.05, 3.63) is 16.6 Å². The number of likely N-dealkylation sites (tertiary alicyclic amines) is 1. The van der Waals surface area contributed by atoms with Crippen molar-refractivity contribution in [2.45, 2.75) is 24.9 Å². The summed E-state index contributed by atoms with van der Waals surface area (Å²) in [7, 11) is 1.81. The Bertz CT molecular complexity index is 534. The zero-order chi connectivity index (χ0) is 14.9. The number of rotatable bonds is 1. The zero-order valence-electron chi connectivity index (χ0n) is 12.1. The number of likely N-dealkylation sites (N-methyl/N-ethyl adjacent to an activating group) is 1. The molecule has 2 amide bonds. The number of carbonyl (C=O) groups is 2. The van der Waals surface area contributed by atoms with Gasteiger partial charge in [-0.1, -0.05) is 0 Å². The number of amides is 2. The van der Waals surface area contributed by atoms with Crippen molar-refractivity contribution in [2.24, 2.45) is 0 Å². The van der Waals surface area contributed by atoms with Crippen LogP contribution in [0.5, 0.6) is 0 Å². The topological polar surface area (TPSA) is 62.7 Å². The van der Waals surface area contributed by atoms with Crippen LogP contribution in [0.3, 0.4) is 0 Å². The van der Waals surface area contributed by atoms with E-state index in [4.69, 9.17) is 4.74 Å². The highest BCUT2D eigenvalue weighted by Crippen LogP contribution is 2.29. The van der Waals surface area contributed by atoms with Gasteiger partial charge in [0.1, 0.15) is 5.69 Å². The molecule has 0 bridgehead atoms. The largest absolute Gasteiger partial charge is 0.361 e. The molecule has 0 radical (unpaired) electrons. The van der Waals surface area contributed by atoms with Gasteiger partial charge in [0.05, 0.1) is 18.7 Å². The summed E-state index contributed by atoms with van der Waals surface area (Å²) >= 11 is 1.40. The summed E-state index contributed by atoms with van der Waals surface area (Å²) in [5.74, 6) is -0.116. The van der Waals surface area contributed by atoms with E-state index in [2.05, 4.69) is 4.98 Å². The number of aromatic nitrogens is 1. The number of hydrogen-bond donors (Lipinski definition) is 0. The first-order valence-corrected chi connectivity index (χ1v) is 8.14. The third kappa shape index (κ3) is 2.67. The standard InChI is InChI=1S/C14H19N3O3S/c1-16-5-3-2-4-14(13(16)19)9-17(6-7-20-14)12(18)11-8-21-10-15-11/h8,10H,2-7,9H2,1H3. The van der Waals surface area contributed by atoms with Crippen LogP contribution in [0.2, 0.25) is 0 Å². The molecule has 1 spiro atoms. The molecule has 21 heavy (non-hydrogen) atoms. The molecule has 7 heteroatoms. The Hall–Kier alpha value is -1.47. The Morgan fingerprint density at radius 3 is 3.05 bits per heavy atom. The van der Waals surface area contributed by atoms with Gasteiger partial charge in [-0.2, -0.15) is 0 Å². The fourth-order valence-corrected chi connectivity index (χ4v) is 3.56. The Kier molecular flexibility index (Phi) is 3.95. The van der Waals surface area contributed by atoms with Crippen LogP contribution < -0.4 is 0 Å². The van der Waals surface area contributed by atoms with Gasteiger partial charge in [0.2, 0.25) is 0 Å². The molecule has 3 rings (SSSR count). The highest BCUT2D eigenvalue weighted by atomic mass is 32.1. The van der Waals surface area contributed by atoms with E-state index in [0.717, 1.165) is 19.4 Å². The lowest BCUT2D eigenvalue weighted by Gasteiger charge is -2.42. The van der Waals surface area contributed by atoms with Crippen LogP contribution in [0.1, 0.15) is 29.8 Å². The van der Waals surface area contributed by atoms with E-state index in [9.17, 15) is 9.59 Å². The highest BCUT2D eigenvalue weighted by molar-refractivity contribution is 7.07. The Balaban J connectivity index is 1.81. The van der Waals surface area contributed by atoms with E-state index in [1.54, 1.807) is 27.7 Å². The summed E-state index contributed by atoms with van der Waals surface area (Å²) in [6.45, 7) is 1.99. The molecule has 1 unspecified atom stereocenters. The molecular formula is C14H19N3O3S. The number of thiazole rings is 1. The average molecular weight is 309 g/mol. The fraction of sp³-hybridized carbons (Fsp3) is 0.643. The molecular weight excluding hydrogens is 290 g/mol. The lowest BCUT2D eigenvalue weighted by Crippen LogP contribution is -2.60. The van der Waals surface area contributed by atoms with Gasteiger partial charge in [-0.3, -0.25) is 9.59 Å². The van der Waals surface area contributed by atoms with Gasteiger partial charge in [-0.25, -0.2) is 4.98 Å². The summed E-state index contributed by atoms with van der Waals surface area (Å²) < 4.78 is 5.86. The molecule has 0 saturated carbocycles. The summed E-state index contributed by atoms with van der Waals surface area (Å²) in [5, 5.41) is 1.74. The van der Waals surface area contributed by atoms with Crippen LogP contribution in [0.4, 0.5) is 0 Å². The van der Waals surface area contributed by atoms with E-state index in [1.165, 1.54) is 11.3 Å². The first kappa shape index (κ1) is 14.5. The predicted octanol–water partition coefficient (Wildman–Crippen LogP) is 0.997. The van der Waals surface area contributed by atoms with Crippen molar-refractivity contribution in [1.82, 2.24) is 14.8 Å². The maximum absolute atomic E-state index is 12.6. The van der Waals surface area contributed by atoms with E-state index < -0.39 is 5.60 Å². The maximum atomic E-state index is 12.6. The molecule has 2 saturated heterocycles. The van der Waals surface area contributed by atoms with Crippen LogP contribution >= 0.6 is 11.3 Å². The van der Waals surface area contributed by atoms with Crippen molar-refractivity contribution < 1.29 is 14.3 Å². The SMILES string of the molecule is CN1CCCCC2(CN(C(=O)c3cscn3)CCO2)C1=O. The van der Waals surface area contributed by atoms with Gasteiger partial charge in [0.25, 0.3) is 11.8 Å². The molecule has 0 aliphatic carbocycles.